The molecule has 3 heterocycles. The number of nitrogens with one attached hydrogen (secondary N) is 2. The Hall–Kier alpha value is -4.34. The molecule has 2 aromatic carbocycles. The predicted molar refractivity (Wildman–Crippen MR) is 127 cm³/mol. The maximum absolute atomic E-state index is 14.5. The molecule has 5 rings (SSSR count). The molecule has 0 bridgehead atoms. The van der Waals surface area contributed by atoms with Crippen molar-refractivity contribution in [2.45, 2.75) is 20.4 Å². The third-order valence-corrected chi connectivity index (χ3v) is 5.83. The zero-order valence-electron chi connectivity index (χ0n) is 19.0. The van der Waals surface area contributed by atoms with E-state index in [-0.39, 0.29) is 5.82 Å². The zero-order valence-corrected chi connectivity index (χ0v) is 19.0. The largest absolute Gasteiger partial charge is 0.496 e. The van der Waals surface area contributed by atoms with E-state index in [0.717, 1.165) is 33.5 Å². The number of ether oxygens (including phenoxy) is 1. The quantitative estimate of drug-likeness (QED) is 0.377. The lowest BCUT2D eigenvalue weighted by Gasteiger charge is -2.12. The molecule has 0 unspecified atom stereocenters. The van der Waals surface area contributed by atoms with Crippen molar-refractivity contribution in [2.75, 3.05) is 19.0 Å². The van der Waals surface area contributed by atoms with Crippen molar-refractivity contribution < 1.29 is 9.13 Å². The van der Waals surface area contributed by atoms with Gasteiger partial charge in [0.2, 0.25) is 5.82 Å². The minimum absolute atomic E-state index is 0.212. The van der Waals surface area contributed by atoms with Crippen LogP contribution in [0.4, 0.5) is 10.2 Å². The summed E-state index contributed by atoms with van der Waals surface area (Å²) in [6, 6.07) is 12.9. The first-order valence-electron chi connectivity index (χ1n) is 10.8. The van der Waals surface area contributed by atoms with Gasteiger partial charge in [-0.2, -0.15) is 5.21 Å². The second-order valence-electron chi connectivity index (χ2n) is 7.93. The fourth-order valence-corrected chi connectivity index (χ4v) is 4.11. The summed E-state index contributed by atoms with van der Waals surface area (Å²) in [6.07, 6.45) is 1.51. The lowest BCUT2D eigenvalue weighted by Crippen LogP contribution is -2.13. The number of nitrogens with zero attached hydrogens (tertiary/aromatic N) is 6. The fourth-order valence-electron chi connectivity index (χ4n) is 4.11. The summed E-state index contributed by atoms with van der Waals surface area (Å²) >= 11 is 0. The van der Waals surface area contributed by atoms with Gasteiger partial charge < -0.3 is 14.6 Å². The van der Waals surface area contributed by atoms with Gasteiger partial charge in [-0.15, -0.1) is 10.2 Å². The third-order valence-electron chi connectivity index (χ3n) is 5.83. The van der Waals surface area contributed by atoms with Crippen LogP contribution >= 0.6 is 0 Å². The van der Waals surface area contributed by atoms with Gasteiger partial charge in [-0.3, -0.25) is 0 Å². The van der Waals surface area contributed by atoms with Gasteiger partial charge in [0.15, 0.2) is 0 Å². The van der Waals surface area contributed by atoms with Crippen LogP contribution in [0.5, 0.6) is 5.75 Å². The maximum Gasteiger partial charge on any atom is 0.208 e. The number of methoxy groups -OCH3 is 1. The van der Waals surface area contributed by atoms with Crippen LogP contribution in [0.3, 0.4) is 0 Å². The standard InChI is InChI=1S/C24H23FN8O/c1-14-4-7-19(25)23-18(14)10-15(2)33(23)9-8-26-22-12-20(27-13-28-22)16-5-6-17(21(11-16)34-3)24-29-31-32-30-24/h4-7,10-13H,8-9H2,1-3H3,(H,26,27,28)(H,29,30,31,32). The van der Waals surface area contributed by atoms with Gasteiger partial charge in [-0.05, 0) is 48.9 Å². The average Bonchev–Trinajstić information content (AvgIpc) is 3.50. The van der Waals surface area contributed by atoms with Crippen molar-refractivity contribution in [3.63, 3.8) is 0 Å². The number of rotatable bonds is 7. The summed E-state index contributed by atoms with van der Waals surface area (Å²) in [5.41, 5.74) is 5.04. The molecule has 0 spiro atoms. The highest BCUT2D eigenvalue weighted by atomic mass is 19.1. The second kappa shape index (κ2) is 8.89. The highest BCUT2D eigenvalue weighted by Crippen LogP contribution is 2.32. The van der Waals surface area contributed by atoms with Crippen LogP contribution < -0.4 is 10.1 Å². The molecule has 0 aliphatic rings. The first-order chi connectivity index (χ1) is 16.5. The monoisotopic (exact) mass is 458 g/mol. The van der Waals surface area contributed by atoms with E-state index in [9.17, 15) is 4.39 Å². The lowest BCUT2D eigenvalue weighted by atomic mass is 10.1. The highest BCUT2D eigenvalue weighted by Gasteiger charge is 2.14. The zero-order chi connectivity index (χ0) is 23.7. The number of halogens is 1. The van der Waals surface area contributed by atoms with E-state index in [0.29, 0.717) is 36.0 Å². The van der Waals surface area contributed by atoms with Crippen LogP contribution in [0.2, 0.25) is 0 Å². The molecule has 0 atom stereocenters. The molecule has 34 heavy (non-hydrogen) atoms. The van der Waals surface area contributed by atoms with E-state index >= 15 is 0 Å². The fraction of sp³-hybridized carbons (Fsp3) is 0.208. The van der Waals surface area contributed by atoms with Crippen molar-refractivity contribution in [3.8, 4) is 28.4 Å². The predicted octanol–water partition coefficient (Wildman–Crippen LogP) is 4.16. The highest BCUT2D eigenvalue weighted by molar-refractivity contribution is 5.85. The Morgan fingerprint density at radius 2 is 1.97 bits per heavy atom. The number of benzene rings is 2. The Morgan fingerprint density at radius 3 is 2.76 bits per heavy atom. The van der Waals surface area contributed by atoms with Crippen LogP contribution in [0.15, 0.2) is 48.8 Å². The number of tetrazole rings is 1. The van der Waals surface area contributed by atoms with Crippen LogP contribution in [-0.2, 0) is 6.54 Å². The van der Waals surface area contributed by atoms with Crippen LogP contribution in [0.1, 0.15) is 11.3 Å². The van der Waals surface area contributed by atoms with Gasteiger partial charge in [0.1, 0.15) is 23.7 Å². The second-order valence-corrected chi connectivity index (χ2v) is 7.93. The lowest BCUT2D eigenvalue weighted by molar-refractivity contribution is 0.416. The molecule has 9 nitrogen and oxygen atoms in total. The van der Waals surface area contributed by atoms with Crippen LogP contribution in [-0.4, -0.2) is 48.8 Å². The van der Waals surface area contributed by atoms with E-state index in [1.807, 2.05) is 54.8 Å². The molecule has 3 aromatic heterocycles. The number of aromatic amines is 1. The minimum atomic E-state index is -0.212. The number of hydrogen-bond acceptors (Lipinski definition) is 7. The van der Waals surface area contributed by atoms with Crippen molar-refractivity contribution in [1.29, 1.82) is 0 Å². The molecule has 0 radical (unpaired) electrons. The summed E-state index contributed by atoms with van der Waals surface area (Å²) in [5.74, 6) is 1.53. The summed E-state index contributed by atoms with van der Waals surface area (Å²) in [7, 11) is 1.59. The molecule has 5 aromatic rings. The summed E-state index contributed by atoms with van der Waals surface area (Å²) in [6.45, 7) is 5.17. The Labute approximate surface area is 195 Å². The van der Waals surface area contributed by atoms with Gasteiger partial charge in [-0.1, -0.05) is 12.1 Å². The minimum Gasteiger partial charge on any atom is -0.496 e. The average molecular weight is 459 g/mol. The van der Waals surface area contributed by atoms with E-state index in [4.69, 9.17) is 4.74 Å². The van der Waals surface area contributed by atoms with E-state index in [1.165, 1.54) is 12.4 Å². The van der Waals surface area contributed by atoms with Crippen molar-refractivity contribution in [1.82, 2.24) is 35.2 Å². The first-order valence-corrected chi connectivity index (χ1v) is 10.8. The number of anilines is 1. The van der Waals surface area contributed by atoms with Gasteiger partial charge in [0.25, 0.3) is 0 Å². The summed E-state index contributed by atoms with van der Waals surface area (Å²) < 4.78 is 22.0. The van der Waals surface area contributed by atoms with Crippen LogP contribution in [0.25, 0.3) is 33.5 Å². The molecule has 172 valence electrons. The molecule has 0 amide bonds. The van der Waals surface area contributed by atoms with Gasteiger partial charge in [0.05, 0.1) is 23.9 Å². The summed E-state index contributed by atoms with van der Waals surface area (Å²) in [4.78, 5) is 8.73. The number of aromatic nitrogens is 7. The van der Waals surface area contributed by atoms with Crippen molar-refractivity contribution in [2.24, 2.45) is 0 Å². The van der Waals surface area contributed by atoms with Crippen molar-refractivity contribution in [3.05, 3.63) is 65.9 Å². The number of H-pyrrole nitrogens is 1. The Morgan fingerprint density at radius 1 is 1.09 bits per heavy atom. The maximum atomic E-state index is 14.5. The number of hydrogen-bond donors (Lipinski definition) is 2. The Kier molecular flexibility index (Phi) is 5.62. The van der Waals surface area contributed by atoms with Gasteiger partial charge in [-0.25, -0.2) is 14.4 Å². The molecular weight excluding hydrogens is 435 g/mol. The SMILES string of the molecule is COc1cc(-c2cc(NCCn3c(C)cc4c(C)ccc(F)c43)ncn2)ccc1-c1nn[nH]n1. The van der Waals surface area contributed by atoms with E-state index < -0.39 is 0 Å². The molecule has 0 fully saturated rings. The molecule has 0 aliphatic heterocycles. The number of fused-ring (bicyclic) bond motifs is 1. The Bertz CT molecular complexity index is 1460. The molecule has 0 saturated carbocycles. The normalized spacial score (nSPS) is 11.2. The topological polar surface area (TPSA) is 106 Å². The third kappa shape index (κ3) is 3.94. The van der Waals surface area contributed by atoms with Gasteiger partial charge in [0, 0.05) is 35.8 Å². The van der Waals surface area contributed by atoms with E-state index in [2.05, 4.69) is 35.9 Å². The molecule has 10 heteroatoms. The smallest absolute Gasteiger partial charge is 0.208 e. The van der Waals surface area contributed by atoms with Gasteiger partial charge >= 0.3 is 0 Å². The first kappa shape index (κ1) is 21.5. The molecular formula is C24H23FN8O. The molecule has 2 N–H and O–H groups in total. The Balaban J connectivity index is 1.34. The van der Waals surface area contributed by atoms with Crippen LogP contribution in [0, 0.1) is 19.7 Å². The summed E-state index contributed by atoms with van der Waals surface area (Å²) in [5, 5.41) is 18.3. The van der Waals surface area contributed by atoms with E-state index in [1.54, 1.807) is 7.11 Å². The molecule has 0 aliphatic carbocycles. The van der Waals surface area contributed by atoms with Crippen molar-refractivity contribution >= 4 is 16.7 Å². The molecule has 0 saturated heterocycles. The number of aryl methyl sites for hydroxylation is 2.